The highest BCUT2D eigenvalue weighted by Gasteiger charge is 2.60. The molecule has 2 fully saturated rings. The van der Waals surface area contributed by atoms with Gasteiger partial charge in [-0.1, -0.05) is 63.3 Å². The predicted molar refractivity (Wildman–Crippen MR) is 140 cm³/mol. The molecule has 5 aliphatic carbocycles. The minimum atomic E-state index is -0.0522. The molecule has 0 bridgehead atoms. The van der Waals surface area contributed by atoms with Crippen molar-refractivity contribution < 1.29 is 5.11 Å². The fourth-order valence-corrected chi connectivity index (χ4v) is 9.95. The lowest BCUT2D eigenvalue weighted by atomic mass is 9.43. The van der Waals surface area contributed by atoms with Crippen LogP contribution in [0.3, 0.4) is 0 Å². The number of rotatable bonds is 4. The average molecular weight is 451 g/mol. The summed E-state index contributed by atoms with van der Waals surface area (Å²) in [6.45, 7) is 12.2. The summed E-state index contributed by atoms with van der Waals surface area (Å²) < 4.78 is 0. The first-order valence-corrected chi connectivity index (χ1v) is 14.5. The second kappa shape index (κ2) is 8.69. The lowest BCUT2D eigenvalue weighted by Gasteiger charge is -2.62. The van der Waals surface area contributed by atoms with Gasteiger partial charge in [-0.25, -0.2) is 0 Å². The molecule has 0 radical (unpaired) electrons. The number of fused-ring (bicyclic) bond motifs is 5. The minimum Gasteiger partial charge on any atom is -0.393 e. The minimum absolute atomic E-state index is 0.0522. The Morgan fingerprint density at radius 2 is 1.79 bits per heavy atom. The van der Waals surface area contributed by atoms with Crippen LogP contribution in [0, 0.1) is 34.0 Å². The smallest absolute Gasteiger partial charge is 0.0599 e. The van der Waals surface area contributed by atoms with Crippen LogP contribution in [0.1, 0.15) is 125 Å². The van der Waals surface area contributed by atoms with E-state index in [-0.39, 0.29) is 11.5 Å². The summed E-state index contributed by atoms with van der Waals surface area (Å²) >= 11 is 0. The summed E-state index contributed by atoms with van der Waals surface area (Å²) in [4.78, 5) is 0. The van der Waals surface area contributed by atoms with Crippen LogP contribution in [-0.4, -0.2) is 11.2 Å². The summed E-state index contributed by atoms with van der Waals surface area (Å²) in [7, 11) is 0. The molecule has 0 saturated heterocycles. The normalized spacial score (nSPS) is 40.5. The molecule has 2 saturated carbocycles. The predicted octanol–water partition coefficient (Wildman–Crippen LogP) is 8.93. The Labute approximate surface area is 204 Å². The third-order valence-corrected chi connectivity index (χ3v) is 11.7. The van der Waals surface area contributed by atoms with Gasteiger partial charge in [0.25, 0.3) is 0 Å². The highest BCUT2D eigenvalue weighted by Crippen LogP contribution is 2.68. The molecule has 0 aromatic heterocycles. The first-order valence-electron chi connectivity index (χ1n) is 14.5. The van der Waals surface area contributed by atoms with E-state index in [2.05, 4.69) is 46.8 Å². The standard InChI is InChI=1S/C32H50O/c1-22(2)10-9-11-23(3)25-13-14-26-24-12-15-28-31(5,27(24)16-20-30(25,26)4)21-17-29(33)32(28)18-7-6-8-19-32/h10,14,23,25,28-29,33H,6-9,11-13,15-21H2,1-5H3/t23-,25-,28?,29+,30-,31-/m1/s1. The zero-order chi connectivity index (χ0) is 23.4. The van der Waals surface area contributed by atoms with E-state index in [0.29, 0.717) is 16.7 Å². The second-order valence-electron chi connectivity index (χ2n) is 13.5. The number of aliphatic hydroxyl groups excluding tert-OH is 1. The van der Waals surface area contributed by atoms with Crippen LogP contribution in [0.5, 0.6) is 0 Å². The monoisotopic (exact) mass is 450 g/mol. The van der Waals surface area contributed by atoms with E-state index in [4.69, 9.17) is 0 Å². The number of aliphatic hydroxyl groups is 1. The average Bonchev–Trinajstić information content (AvgIpc) is 3.14. The Morgan fingerprint density at radius 3 is 2.52 bits per heavy atom. The number of hydrogen-bond acceptors (Lipinski definition) is 1. The summed E-state index contributed by atoms with van der Waals surface area (Å²) in [5.74, 6) is 2.32. The Bertz CT molecular complexity index is 848. The third-order valence-electron chi connectivity index (χ3n) is 11.7. The molecule has 0 amide bonds. The Balaban J connectivity index is 1.42. The van der Waals surface area contributed by atoms with Crippen LogP contribution in [0.15, 0.2) is 34.4 Å². The fourth-order valence-electron chi connectivity index (χ4n) is 9.95. The van der Waals surface area contributed by atoms with Crippen molar-refractivity contribution in [3.63, 3.8) is 0 Å². The van der Waals surface area contributed by atoms with E-state index < -0.39 is 0 Å². The van der Waals surface area contributed by atoms with Gasteiger partial charge < -0.3 is 5.11 Å². The van der Waals surface area contributed by atoms with Crippen molar-refractivity contribution in [3.8, 4) is 0 Å². The van der Waals surface area contributed by atoms with Crippen molar-refractivity contribution in [2.75, 3.05) is 0 Å². The van der Waals surface area contributed by atoms with Gasteiger partial charge >= 0.3 is 0 Å². The second-order valence-corrected chi connectivity index (χ2v) is 13.5. The topological polar surface area (TPSA) is 20.2 Å². The summed E-state index contributed by atoms with van der Waals surface area (Å²) in [5, 5.41) is 11.3. The lowest BCUT2D eigenvalue weighted by Crippen LogP contribution is -2.56. The summed E-state index contributed by atoms with van der Waals surface area (Å²) in [6, 6.07) is 0. The maximum atomic E-state index is 11.3. The number of allylic oxidation sites excluding steroid dienone is 6. The van der Waals surface area contributed by atoms with Crippen LogP contribution in [-0.2, 0) is 0 Å². The maximum Gasteiger partial charge on any atom is 0.0599 e. The van der Waals surface area contributed by atoms with Crippen LogP contribution >= 0.6 is 0 Å². The van der Waals surface area contributed by atoms with Crippen molar-refractivity contribution in [1.82, 2.24) is 0 Å². The molecule has 1 N–H and O–H groups in total. The highest BCUT2D eigenvalue weighted by atomic mass is 16.3. The molecule has 0 aromatic rings. The van der Waals surface area contributed by atoms with E-state index >= 15 is 0 Å². The lowest BCUT2D eigenvalue weighted by molar-refractivity contribution is -0.130. The summed E-state index contributed by atoms with van der Waals surface area (Å²) in [5.41, 5.74) is 7.82. The Hall–Kier alpha value is -0.820. The molecule has 0 heterocycles. The molecule has 5 rings (SSSR count). The zero-order valence-electron chi connectivity index (χ0n) is 22.3. The fraction of sp³-hybridized carbons (Fsp3) is 0.812. The van der Waals surface area contributed by atoms with Gasteiger partial charge in [-0.15, -0.1) is 0 Å². The molecule has 5 aliphatic rings. The molecular formula is C32H50O. The molecular weight excluding hydrogens is 400 g/mol. The van der Waals surface area contributed by atoms with E-state index in [1.165, 1.54) is 89.0 Å². The van der Waals surface area contributed by atoms with Gasteiger partial charge in [-0.05, 0) is 130 Å². The van der Waals surface area contributed by atoms with Gasteiger partial charge in [-0.3, -0.25) is 0 Å². The number of hydrogen-bond donors (Lipinski definition) is 1. The van der Waals surface area contributed by atoms with E-state index in [0.717, 1.165) is 18.3 Å². The van der Waals surface area contributed by atoms with Crippen LogP contribution in [0.2, 0.25) is 0 Å². The molecule has 6 atom stereocenters. The molecule has 0 aliphatic heterocycles. The molecule has 184 valence electrons. The molecule has 1 nitrogen and oxygen atoms in total. The van der Waals surface area contributed by atoms with Gasteiger partial charge in [0.1, 0.15) is 0 Å². The van der Waals surface area contributed by atoms with Crippen LogP contribution < -0.4 is 0 Å². The highest BCUT2D eigenvalue weighted by molar-refractivity contribution is 5.50. The van der Waals surface area contributed by atoms with Crippen molar-refractivity contribution in [2.45, 2.75) is 131 Å². The quantitative estimate of drug-likeness (QED) is 0.424. The molecule has 1 unspecified atom stereocenters. The Kier molecular flexibility index (Phi) is 6.29. The third kappa shape index (κ3) is 3.66. The van der Waals surface area contributed by atoms with E-state index in [1.54, 1.807) is 11.1 Å². The first-order chi connectivity index (χ1) is 15.7. The van der Waals surface area contributed by atoms with Gasteiger partial charge in [0.15, 0.2) is 0 Å². The first kappa shape index (κ1) is 23.9. The van der Waals surface area contributed by atoms with Crippen molar-refractivity contribution in [1.29, 1.82) is 0 Å². The zero-order valence-corrected chi connectivity index (χ0v) is 22.3. The van der Waals surface area contributed by atoms with E-state index in [1.807, 2.05) is 5.57 Å². The molecule has 1 heteroatoms. The van der Waals surface area contributed by atoms with Crippen LogP contribution in [0.4, 0.5) is 0 Å². The molecule has 33 heavy (non-hydrogen) atoms. The largest absolute Gasteiger partial charge is 0.393 e. The van der Waals surface area contributed by atoms with Crippen molar-refractivity contribution >= 4 is 0 Å². The van der Waals surface area contributed by atoms with Crippen LogP contribution in [0.25, 0.3) is 0 Å². The SMILES string of the molecule is CC(C)=CCC[C@@H](C)[C@H]1CC=C2C3=C(CC[C@@]21C)[C@@]1(C)CC[C@H](O)C2(CCCCC2)C1CC3. The van der Waals surface area contributed by atoms with Gasteiger partial charge in [0.05, 0.1) is 6.10 Å². The summed E-state index contributed by atoms with van der Waals surface area (Å²) in [6.07, 6.45) is 23.1. The van der Waals surface area contributed by atoms with Gasteiger partial charge in [0.2, 0.25) is 0 Å². The van der Waals surface area contributed by atoms with Crippen molar-refractivity contribution in [3.05, 3.63) is 34.4 Å². The Morgan fingerprint density at radius 1 is 1.03 bits per heavy atom. The van der Waals surface area contributed by atoms with E-state index in [9.17, 15) is 5.11 Å². The van der Waals surface area contributed by atoms with Crippen molar-refractivity contribution in [2.24, 2.45) is 34.0 Å². The van der Waals surface area contributed by atoms with Gasteiger partial charge in [0, 0.05) is 0 Å². The maximum absolute atomic E-state index is 11.3. The van der Waals surface area contributed by atoms with Gasteiger partial charge in [-0.2, -0.15) is 0 Å². The molecule has 0 aromatic carbocycles. The molecule has 1 spiro atoms.